The van der Waals surface area contributed by atoms with Crippen LogP contribution < -0.4 is 11.3 Å². The van der Waals surface area contributed by atoms with Gasteiger partial charge in [-0.3, -0.25) is 10.8 Å². The highest BCUT2D eigenvalue weighted by Gasteiger charge is 2.13. The molecule has 1 unspecified atom stereocenters. The first-order valence-corrected chi connectivity index (χ1v) is 6.25. The number of hydrazine groups is 1. The third-order valence-electron chi connectivity index (χ3n) is 3.22. The van der Waals surface area contributed by atoms with Gasteiger partial charge in [0.2, 0.25) is 0 Å². The summed E-state index contributed by atoms with van der Waals surface area (Å²) in [6.07, 6.45) is 0. The van der Waals surface area contributed by atoms with Gasteiger partial charge in [0.05, 0.1) is 17.3 Å². The topological polar surface area (TPSA) is 50.9 Å². The van der Waals surface area contributed by atoms with E-state index in [4.69, 9.17) is 5.84 Å². The van der Waals surface area contributed by atoms with Crippen molar-refractivity contribution >= 4 is 10.9 Å². The highest BCUT2D eigenvalue weighted by atomic mass is 15.2. The predicted octanol–water partition coefficient (Wildman–Crippen LogP) is 2.79. The fourth-order valence-electron chi connectivity index (χ4n) is 2.24. The van der Waals surface area contributed by atoms with Crippen molar-refractivity contribution in [3.8, 4) is 0 Å². The summed E-state index contributed by atoms with van der Waals surface area (Å²) in [6.45, 7) is 0. The Hall–Kier alpha value is -2.23. The second-order valence-corrected chi connectivity index (χ2v) is 4.44. The summed E-state index contributed by atoms with van der Waals surface area (Å²) in [4.78, 5) is 4.68. The molecule has 0 aliphatic rings. The molecule has 0 saturated heterocycles. The number of rotatable bonds is 3. The summed E-state index contributed by atoms with van der Waals surface area (Å²) in [6, 6.07) is 22.1. The van der Waals surface area contributed by atoms with Gasteiger partial charge in [0.15, 0.2) is 0 Å². The van der Waals surface area contributed by atoms with Gasteiger partial charge >= 0.3 is 0 Å². The van der Waals surface area contributed by atoms with Crippen LogP contribution >= 0.6 is 0 Å². The number of aromatic nitrogens is 1. The van der Waals surface area contributed by atoms with Gasteiger partial charge in [-0.1, -0.05) is 54.6 Å². The fraction of sp³-hybridized carbons (Fsp3) is 0.0625. The zero-order valence-corrected chi connectivity index (χ0v) is 10.5. The Balaban J connectivity index is 2.06. The van der Waals surface area contributed by atoms with E-state index in [1.165, 1.54) is 0 Å². The smallest absolute Gasteiger partial charge is 0.0881 e. The Labute approximate surface area is 112 Å². The molecule has 0 saturated carbocycles. The third kappa shape index (κ3) is 2.34. The number of hydrogen-bond acceptors (Lipinski definition) is 3. The molecule has 0 bridgehead atoms. The number of benzene rings is 2. The van der Waals surface area contributed by atoms with E-state index >= 15 is 0 Å². The minimum atomic E-state index is -0.0918. The number of nitrogens with zero attached hydrogens (tertiary/aromatic N) is 1. The summed E-state index contributed by atoms with van der Waals surface area (Å²) >= 11 is 0. The number of nitrogens with one attached hydrogen (secondary N) is 1. The Bertz CT molecular complexity index is 680. The molecule has 0 aliphatic carbocycles. The van der Waals surface area contributed by atoms with E-state index in [-0.39, 0.29) is 6.04 Å². The second kappa shape index (κ2) is 5.18. The van der Waals surface area contributed by atoms with E-state index in [1.54, 1.807) is 0 Å². The lowest BCUT2D eigenvalue weighted by atomic mass is 10.0. The summed E-state index contributed by atoms with van der Waals surface area (Å²) in [5.41, 5.74) is 5.85. The molecule has 0 radical (unpaired) electrons. The SMILES string of the molecule is NNC(c1ccccc1)c1ccc2ccccc2n1. The Morgan fingerprint density at radius 1 is 0.842 bits per heavy atom. The Morgan fingerprint density at radius 2 is 1.58 bits per heavy atom. The van der Waals surface area contributed by atoms with Gasteiger partial charge in [-0.15, -0.1) is 0 Å². The van der Waals surface area contributed by atoms with Crippen LogP contribution in [0.3, 0.4) is 0 Å². The van der Waals surface area contributed by atoms with Crippen molar-refractivity contribution in [3.05, 3.63) is 78.0 Å². The van der Waals surface area contributed by atoms with Crippen molar-refractivity contribution in [3.63, 3.8) is 0 Å². The zero-order valence-electron chi connectivity index (χ0n) is 10.5. The van der Waals surface area contributed by atoms with E-state index in [2.05, 4.69) is 22.5 Å². The monoisotopic (exact) mass is 249 g/mol. The maximum atomic E-state index is 5.69. The predicted molar refractivity (Wildman–Crippen MR) is 77.4 cm³/mol. The molecule has 1 atom stereocenters. The van der Waals surface area contributed by atoms with Crippen molar-refractivity contribution in [2.45, 2.75) is 6.04 Å². The molecule has 0 amide bonds. The van der Waals surface area contributed by atoms with E-state index in [1.807, 2.05) is 54.6 Å². The van der Waals surface area contributed by atoms with E-state index in [0.717, 1.165) is 22.2 Å². The number of nitrogens with two attached hydrogens (primary N) is 1. The van der Waals surface area contributed by atoms with Gasteiger partial charge in [0.1, 0.15) is 0 Å². The zero-order chi connectivity index (χ0) is 13.1. The molecule has 0 aliphatic heterocycles. The normalized spacial score (nSPS) is 12.5. The first kappa shape index (κ1) is 11.8. The van der Waals surface area contributed by atoms with Crippen molar-refractivity contribution in [2.75, 3.05) is 0 Å². The van der Waals surface area contributed by atoms with Crippen LogP contribution in [0.5, 0.6) is 0 Å². The minimum Gasteiger partial charge on any atom is -0.271 e. The van der Waals surface area contributed by atoms with E-state index in [9.17, 15) is 0 Å². The molecule has 3 N–H and O–H groups in total. The molecule has 1 aromatic heterocycles. The lowest BCUT2D eigenvalue weighted by Crippen LogP contribution is -2.29. The first-order chi connectivity index (χ1) is 9.38. The maximum Gasteiger partial charge on any atom is 0.0881 e. The second-order valence-electron chi connectivity index (χ2n) is 4.44. The lowest BCUT2D eigenvalue weighted by molar-refractivity contribution is 0.623. The number of pyridine rings is 1. The average Bonchev–Trinajstić information content (AvgIpc) is 2.49. The van der Waals surface area contributed by atoms with Crippen LogP contribution in [0.2, 0.25) is 0 Å². The molecule has 0 fully saturated rings. The van der Waals surface area contributed by atoms with Gasteiger partial charge in [-0.05, 0) is 17.7 Å². The van der Waals surface area contributed by atoms with Crippen LogP contribution in [0, 0.1) is 0 Å². The highest BCUT2D eigenvalue weighted by molar-refractivity contribution is 5.78. The molecule has 0 spiro atoms. The minimum absolute atomic E-state index is 0.0918. The van der Waals surface area contributed by atoms with Crippen LogP contribution in [0.1, 0.15) is 17.3 Å². The number of para-hydroxylation sites is 1. The summed E-state index contributed by atoms with van der Waals surface area (Å²) in [5.74, 6) is 5.69. The van der Waals surface area contributed by atoms with Crippen molar-refractivity contribution in [2.24, 2.45) is 5.84 Å². The summed E-state index contributed by atoms with van der Waals surface area (Å²) < 4.78 is 0. The van der Waals surface area contributed by atoms with Crippen LogP contribution in [0.4, 0.5) is 0 Å². The third-order valence-corrected chi connectivity index (χ3v) is 3.22. The fourth-order valence-corrected chi connectivity index (χ4v) is 2.24. The highest BCUT2D eigenvalue weighted by Crippen LogP contribution is 2.21. The van der Waals surface area contributed by atoms with Gasteiger partial charge in [0, 0.05) is 5.39 Å². The van der Waals surface area contributed by atoms with Gasteiger partial charge in [0.25, 0.3) is 0 Å². The molecule has 3 nitrogen and oxygen atoms in total. The molecule has 2 aromatic carbocycles. The van der Waals surface area contributed by atoms with Crippen LogP contribution in [0.25, 0.3) is 10.9 Å². The Kier molecular flexibility index (Phi) is 3.23. The van der Waals surface area contributed by atoms with Gasteiger partial charge in [-0.25, -0.2) is 5.43 Å². The molecule has 1 heterocycles. The van der Waals surface area contributed by atoms with Crippen LogP contribution in [-0.2, 0) is 0 Å². The van der Waals surface area contributed by atoms with Crippen molar-refractivity contribution in [1.82, 2.24) is 10.4 Å². The molecule has 94 valence electrons. The Morgan fingerprint density at radius 3 is 2.37 bits per heavy atom. The largest absolute Gasteiger partial charge is 0.271 e. The first-order valence-electron chi connectivity index (χ1n) is 6.25. The van der Waals surface area contributed by atoms with Crippen LogP contribution in [-0.4, -0.2) is 4.98 Å². The molecular weight excluding hydrogens is 234 g/mol. The molecular formula is C16H15N3. The van der Waals surface area contributed by atoms with Gasteiger partial charge in [-0.2, -0.15) is 0 Å². The van der Waals surface area contributed by atoms with Crippen molar-refractivity contribution in [1.29, 1.82) is 0 Å². The summed E-state index contributed by atoms with van der Waals surface area (Å²) in [7, 11) is 0. The molecule has 3 aromatic rings. The quantitative estimate of drug-likeness (QED) is 0.554. The van der Waals surface area contributed by atoms with E-state index < -0.39 is 0 Å². The molecule has 3 rings (SSSR count). The number of hydrogen-bond donors (Lipinski definition) is 2. The van der Waals surface area contributed by atoms with Gasteiger partial charge < -0.3 is 0 Å². The lowest BCUT2D eigenvalue weighted by Gasteiger charge is -2.16. The number of fused-ring (bicyclic) bond motifs is 1. The van der Waals surface area contributed by atoms with E-state index in [0.29, 0.717) is 0 Å². The average molecular weight is 249 g/mol. The van der Waals surface area contributed by atoms with Crippen LogP contribution in [0.15, 0.2) is 66.7 Å². The molecule has 19 heavy (non-hydrogen) atoms. The summed E-state index contributed by atoms with van der Waals surface area (Å²) in [5, 5.41) is 1.13. The molecule has 3 heteroatoms. The maximum absolute atomic E-state index is 5.69. The van der Waals surface area contributed by atoms with Crippen molar-refractivity contribution < 1.29 is 0 Å². The standard InChI is InChI=1S/C16H15N3/c17-19-16(13-7-2-1-3-8-13)15-11-10-12-6-4-5-9-14(12)18-15/h1-11,16,19H,17H2.